The first-order valence-corrected chi connectivity index (χ1v) is 9.16. The van der Waals surface area contributed by atoms with Crippen molar-refractivity contribution in [2.75, 3.05) is 0 Å². The Morgan fingerprint density at radius 1 is 1.14 bits per heavy atom. The number of alkyl halides is 3. The predicted octanol–water partition coefficient (Wildman–Crippen LogP) is 4.04. The monoisotopic (exact) mass is 429 g/mol. The average Bonchev–Trinajstić information content (AvgIpc) is 3.08. The lowest BCUT2D eigenvalue weighted by atomic mass is 10.2. The zero-order valence-electron chi connectivity index (χ0n) is 14.4. The second-order valence-corrected chi connectivity index (χ2v) is 7.54. The molecule has 1 heterocycles. The van der Waals surface area contributed by atoms with E-state index in [0.717, 1.165) is 6.07 Å². The number of nitrogens with zero attached hydrogens (tertiary/aromatic N) is 3. The zero-order chi connectivity index (χ0) is 21.4. The van der Waals surface area contributed by atoms with Crippen LogP contribution in [0.2, 0.25) is 0 Å². The molecule has 3 rings (SSSR count). The van der Waals surface area contributed by atoms with E-state index in [9.17, 15) is 31.7 Å². The van der Waals surface area contributed by atoms with Crippen molar-refractivity contribution in [3.63, 3.8) is 0 Å². The molecule has 29 heavy (non-hydrogen) atoms. The van der Waals surface area contributed by atoms with Crippen LogP contribution in [-0.2, 0) is 9.84 Å². The average molecular weight is 429 g/mol. The minimum absolute atomic E-state index is 0.114. The molecule has 0 spiro atoms. The van der Waals surface area contributed by atoms with Gasteiger partial charge in [0.05, 0.1) is 9.82 Å². The normalized spacial score (nSPS) is 12.0. The van der Waals surface area contributed by atoms with Crippen molar-refractivity contribution in [2.45, 2.75) is 17.3 Å². The SMILES string of the molecule is Cc1nc(-c2ccc(Oc3ccc(S(=O)(=O)C(F)(F)F)cc3[N+](=O)[O-])cc2)no1. The molecule has 1 aromatic heterocycles. The lowest BCUT2D eigenvalue weighted by molar-refractivity contribution is -0.385. The first-order valence-electron chi connectivity index (χ1n) is 7.67. The van der Waals surface area contributed by atoms with Crippen molar-refractivity contribution in [3.05, 3.63) is 58.5 Å². The van der Waals surface area contributed by atoms with Gasteiger partial charge in [-0.2, -0.15) is 18.2 Å². The number of nitro benzene ring substituents is 1. The molecule has 0 unspecified atom stereocenters. The maximum Gasteiger partial charge on any atom is 0.501 e. The van der Waals surface area contributed by atoms with E-state index in [1.807, 2.05) is 0 Å². The molecule has 9 nitrogen and oxygen atoms in total. The Bertz CT molecular complexity index is 1170. The molecule has 152 valence electrons. The van der Waals surface area contributed by atoms with Gasteiger partial charge in [0.2, 0.25) is 17.5 Å². The van der Waals surface area contributed by atoms with Gasteiger partial charge in [0.15, 0.2) is 0 Å². The van der Waals surface area contributed by atoms with E-state index in [4.69, 9.17) is 9.26 Å². The van der Waals surface area contributed by atoms with Crippen molar-refractivity contribution < 1.29 is 35.8 Å². The number of benzene rings is 2. The third kappa shape index (κ3) is 4.03. The fourth-order valence-corrected chi connectivity index (χ4v) is 3.02. The molecule has 0 aliphatic rings. The summed E-state index contributed by atoms with van der Waals surface area (Å²) in [4.78, 5) is 12.9. The summed E-state index contributed by atoms with van der Waals surface area (Å²) in [7, 11) is -5.74. The molecule has 0 aliphatic carbocycles. The van der Waals surface area contributed by atoms with Crippen LogP contribution < -0.4 is 4.74 Å². The molecule has 0 bridgehead atoms. The minimum Gasteiger partial charge on any atom is -0.450 e. The van der Waals surface area contributed by atoms with E-state index in [0.29, 0.717) is 29.4 Å². The molecule has 0 saturated heterocycles. The predicted molar refractivity (Wildman–Crippen MR) is 90.9 cm³/mol. The van der Waals surface area contributed by atoms with Gasteiger partial charge in [-0.05, 0) is 36.4 Å². The van der Waals surface area contributed by atoms with E-state index in [1.54, 1.807) is 6.92 Å². The highest BCUT2D eigenvalue weighted by atomic mass is 32.2. The van der Waals surface area contributed by atoms with Gasteiger partial charge in [0, 0.05) is 18.6 Å². The van der Waals surface area contributed by atoms with Gasteiger partial charge in [0.1, 0.15) is 5.75 Å². The molecule has 0 saturated carbocycles. The summed E-state index contributed by atoms with van der Waals surface area (Å²) < 4.78 is 71.1. The summed E-state index contributed by atoms with van der Waals surface area (Å²) in [5.74, 6) is 0.342. The van der Waals surface area contributed by atoms with Gasteiger partial charge < -0.3 is 9.26 Å². The Morgan fingerprint density at radius 3 is 2.31 bits per heavy atom. The quantitative estimate of drug-likeness (QED) is 0.439. The molecule has 2 aromatic carbocycles. The van der Waals surface area contributed by atoms with Gasteiger partial charge >= 0.3 is 11.2 Å². The number of halogens is 3. The summed E-state index contributed by atoms with van der Waals surface area (Å²) in [5.41, 5.74) is -5.96. The molecule has 0 atom stereocenters. The molecule has 0 fully saturated rings. The van der Waals surface area contributed by atoms with Crippen LogP contribution in [0.4, 0.5) is 18.9 Å². The molecule has 0 aliphatic heterocycles. The van der Waals surface area contributed by atoms with Crippen LogP contribution in [0.3, 0.4) is 0 Å². The summed E-state index contributed by atoms with van der Waals surface area (Å²) in [6.45, 7) is 1.61. The van der Waals surface area contributed by atoms with Crippen molar-refractivity contribution in [1.29, 1.82) is 0 Å². The summed E-state index contributed by atoms with van der Waals surface area (Å²) in [6, 6.07) is 7.58. The van der Waals surface area contributed by atoms with E-state index in [1.165, 1.54) is 24.3 Å². The zero-order valence-corrected chi connectivity index (χ0v) is 15.2. The van der Waals surface area contributed by atoms with E-state index < -0.39 is 36.6 Å². The molecular formula is C16H10F3N3O6S. The van der Waals surface area contributed by atoms with Crippen molar-refractivity contribution >= 4 is 15.5 Å². The van der Waals surface area contributed by atoms with Gasteiger partial charge in [-0.15, -0.1) is 0 Å². The van der Waals surface area contributed by atoms with E-state index >= 15 is 0 Å². The van der Waals surface area contributed by atoms with Crippen LogP contribution in [0, 0.1) is 17.0 Å². The number of aryl methyl sites for hydroxylation is 1. The summed E-state index contributed by atoms with van der Waals surface area (Å²) in [6.07, 6.45) is 0. The smallest absolute Gasteiger partial charge is 0.450 e. The third-order valence-electron chi connectivity index (χ3n) is 3.61. The Kier molecular flexibility index (Phi) is 5.00. The van der Waals surface area contributed by atoms with Crippen LogP contribution in [0.1, 0.15) is 5.89 Å². The number of sulfone groups is 1. The van der Waals surface area contributed by atoms with Crippen LogP contribution in [-0.4, -0.2) is 29.0 Å². The van der Waals surface area contributed by atoms with Crippen LogP contribution in [0.15, 0.2) is 51.9 Å². The Balaban J connectivity index is 1.92. The number of rotatable bonds is 5. The summed E-state index contributed by atoms with van der Waals surface area (Å²) in [5, 5.41) is 14.9. The van der Waals surface area contributed by atoms with E-state index in [2.05, 4.69) is 10.1 Å². The first kappa shape index (κ1) is 20.3. The molecule has 0 N–H and O–H groups in total. The lowest BCUT2D eigenvalue weighted by Crippen LogP contribution is -2.23. The molecule has 3 aromatic rings. The summed E-state index contributed by atoms with van der Waals surface area (Å²) >= 11 is 0. The number of nitro groups is 1. The highest BCUT2D eigenvalue weighted by molar-refractivity contribution is 7.92. The topological polar surface area (TPSA) is 125 Å². The van der Waals surface area contributed by atoms with Crippen molar-refractivity contribution in [1.82, 2.24) is 10.1 Å². The second kappa shape index (κ2) is 7.16. The highest BCUT2D eigenvalue weighted by Crippen LogP contribution is 2.37. The van der Waals surface area contributed by atoms with Gasteiger partial charge in [0.25, 0.3) is 9.84 Å². The highest BCUT2D eigenvalue weighted by Gasteiger charge is 2.47. The minimum atomic E-state index is -5.74. The van der Waals surface area contributed by atoms with Gasteiger partial charge in [-0.25, -0.2) is 8.42 Å². The maximum atomic E-state index is 12.7. The van der Waals surface area contributed by atoms with Crippen LogP contribution in [0.25, 0.3) is 11.4 Å². The maximum absolute atomic E-state index is 12.7. The Labute approximate surface area is 160 Å². The third-order valence-corrected chi connectivity index (χ3v) is 5.09. The van der Waals surface area contributed by atoms with Crippen molar-refractivity contribution in [3.8, 4) is 22.9 Å². The Morgan fingerprint density at radius 2 is 1.79 bits per heavy atom. The van der Waals surface area contributed by atoms with Crippen LogP contribution >= 0.6 is 0 Å². The second-order valence-electron chi connectivity index (χ2n) is 5.60. The standard InChI is InChI=1S/C16H10F3N3O6S/c1-9-20-15(21-28-9)10-2-4-11(5-3-10)27-14-7-6-12(8-13(14)22(23)24)29(25,26)16(17,18)19/h2-8H,1H3. The molecule has 0 radical (unpaired) electrons. The molecular weight excluding hydrogens is 419 g/mol. The van der Waals surface area contributed by atoms with Gasteiger partial charge in [-0.1, -0.05) is 5.16 Å². The lowest BCUT2D eigenvalue weighted by Gasteiger charge is -2.10. The first-order chi connectivity index (χ1) is 13.5. The number of ether oxygens (including phenoxy) is 1. The Hall–Kier alpha value is -3.48. The molecule has 0 amide bonds. The fourth-order valence-electron chi connectivity index (χ4n) is 2.24. The molecule has 13 heteroatoms. The number of hydrogen-bond donors (Lipinski definition) is 0. The van der Waals surface area contributed by atoms with Gasteiger partial charge in [-0.3, -0.25) is 10.1 Å². The fraction of sp³-hybridized carbons (Fsp3) is 0.125. The number of aromatic nitrogens is 2. The van der Waals surface area contributed by atoms with E-state index in [-0.39, 0.29) is 5.75 Å². The largest absolute Gasteiger partial charge is 0.501 e. The van der Waals surface area contributed by atoms with Crippen LogP contribution in [0.5, 0.6) is 11.5 Å². The van der Waals surface area contributed by atoms with Crippen molar-refractivity contribution in [2.24, 2.45) is 0 Å². The number of hydrogen-bond acceptors (Lipinski definition) is 8.